The van der Waals surface area contributed by atoms with Crippen molar-refractivity contribution in [3.8, 4) is 0 Å². The molecule has 1 aliphatic rings. The molecule has 0 spiro atoms. The number of aliphatic imine (C=N–C) groups is 1. The molecule has 1 saturated carbocycles. The zero-order valence-electron chi connectivity index (χ0n) is 13.8. The topological polar surface area (TPSA) is 68.9 Å². The maximum Gasteiger partial charge on any atom is 0.193 e. The third kappa shape index (κ3) is 7.50. The first-order valence-electron chi connectivity index (χ1n) is 8.05. The van der Waals surface area contributed by atoms with Crippen LogP contribution in [0.1, 0.15) is 37.7 Å². The Bertz CT molecular complexity index is 477. The average molecular weight is 433 g/mol. The lowest BCUT2D eigenvalue weighted by Gasteiger charge is -2.11. The van der Waals surface area contributed by atoms with Gasteiger partial charge in [0.2, 0.25) is 0 Å². The number of hydrogen-bond acceptors (Lipinski definition) is 3. The van der Waals surface area contributed by atoms with Crippen molar-refractivity contribution in [3.63, 3.8) is 0 Å². The molecule has 130 valence electrons. The molecule has 0 radical (unpaired) electrons. The fourth-order valence-electron chi connectivity index (χ4n) is 2.67. The van der Waals surface area contributed by atoms with Crippen molar-refractivity contribution >= 4 is 35.6 Å². The molecule has 0 atom stereocenters. The normalized spacial score (nSPS) is 15.4. The van der Waals surface area contributed by atoms with E-state index >= 15 is 0 Å². The number of methoxy groups -OCH3 is 1. The van der Waals surface area contributed by atoms with Crippen LogP contribution in [-0.2, 0) is 16.1 Å². The lowest BCUT2D eigenvalue weighted by Crippen LogP contribution is -2.23. The number of nitrogens with one attached hydrogen (secondary N) is 1. The van der Waals surface area contributed by atoms with E-state index in [1.807, 2.05) is 24.3 Å². The first-order valence-corrected chi connectivity index (χ1v) is 8.05. The minimum absolute atomic E-state index is 0. The predicted octanol–water partition coefficient (Wildman–Crippen LogP) is 3.53. The molecule has 0 saturated heterocycles. The van der Waals surface area contributed by atoms with E-state index in [0.29, 0.717) is 25.2 Å². The fraction of sp³-hybridized carbons (Fsp3) is 0.588. The highest BCUT2D eigenvalue weighted by atomic mass is 127. The molecule has 3 N–H and O–H groups in total. The zero-order valence-corrected chi connectivity index (χ0v) is 16.1. The van der Waals surface area contributed by atoms with Gasteiger partial charge in [0.15, 0.2) is 5.96 Å². The number of para-hydroxylation sites is 1. The summed E-state index contributed by atoms with van der Waals surface area (Å²) in [4.78, 5) is 4.35. The van der Waals surface area contributed by atoms with Gasteiger partial charge < -0.3 is 20.5 Å². The third-order valence-corrected chi connectivity index (χ3v) is 3.82. The average Bonchev–Trinajstić information content (AvgIpc) is 3.02. The summed E-state index contributed by atoms with van der Waals surface area (Å²) < 4.78 is 11.0. The minimum Gasteiger partial charge on any atom is -0.380 e. The van der Waals surface area contributed by atoms with E-state index in [4.69, 9.17) is 15.2 Å². The van der Waals surface area contributed by atoms with Gasteiger partial charge in [-0.2, -0.15) is 0 Å². The van der Waals surface area contributed by atoms with Crippen molar-refractivity contribution in [2.24, 2.45) is 10.7 Å². The Kier molecular flexibility index (Phi) is 10.2. The Morgan fingerprint density at radius 3 is 2.78 bits per heavy atom. The SMILES string of the molecule is COCc1ccccc1NC(N)=NCCCOC1CCCC1.I. The Labute approximate surface area is 156 Å². The molecule has 0 aliphatic heterocycles. The molecule has 0 amide bonds. The van der Waals surface area contributed by atoms with Gasteiger partial charge in [0, 0.05) is 31.5 Å². The second-order valence-corrected chi connectivity index (χ2v) is 5.61. The number of halogens is 1. The molecule has 1 aromatic carbocycles. The molecular formula is C17H28IN3O2. The van der Waals surface area contributed by atoms with Gasteiger partial charge in [0.05, 0.1) is 12.7 Å². The molecule has 0 unspecified atom stereocenters. The predicted molar refractivity (Wildman–Crippen MR) is 106 cm³/mol. The van der Waals surface area contributed by atoms with Crippen LogP contribution in [0.3, 0.4) is 0 Å². The lowest BCUT2D eigenvalue weighted by molar-refractivity contribution is 0.0579. The highest BCUT2D eigenvalue weighted by molar-refractivity contribution is 14.0. The van der Waals surface area contributed by atoms with E-state index in [1.165, 1.54) is 25.7 Å². The fourth-order valence-corrected chi connectivity index (χ4v) is 2.67. The van der Waals surface area contributed by atoms with Crippen molar-refractivity contribution in [2.45, 2.75) is 44.8 Å². The van der Waals surface area contributed by atoms with Crippen LogP contribution in [-0.4, -0.2) is 32.3 Å². The van der Waals surface area contributed by atoms with Crippen molar-refractivity contribution in [1.29, 1.82) is 0 Å². The van der Waals surface area contributed by atoms with Crippen LogP contribution < -0.4 is 11.1 Å². The standard InChI is InChI=1S/C17H27N3O2.HI/c1-21-13-14-7-2-5-10-16(14)20-17(18)19-11-6-12-22-15-8-3-4-9-15;/h2,5,7,10,15H,3-4,6,8-9,11-13H2,1H3,(H3,18,19,20);1H. The first-order chi connectivity index (χ1) is 10.8. The molecule has 1 aliphatic carbocycles. The molecular weight excluding hydrogens is 405 g/mol. The number of hydrogen-bond donors (Lipinski definition) is 2. The highest BCUT2D eigenvalue weighted by Gasteiger charge is 2.14. The smallest absolute Gasteiger partial charge is 0.193 e. The van der Waals surface area contributed by atoms with Crippen LogP contribution >= 0.6 is 24.0 Å². The van der Waals surface area contributed by atoms with Crippen LogP contribution in [0.25, 0.3) is 0 Å². The third-order valence-electron chi connectivity index (χ3n) is 3.82. The Balaban J connectivity index is 0.00000264. The number of anilines is 1. The molecule has 0 aromatic heterocycles. The van der Waals surface area contributed by atoms with Crippen LogP contribution in [0.15, 0.2) is 29.3 Å². The lowest BCUT2D eigenvalue weighted by atomic mass is 10.2. The van der Waals surface area contributed by atoms with E-state index in [1.54, 1.807) is 7.11 Å². The Hall–Kier alpha value is -0.860. The molecule has 5 nitrogen and oxygen atoms in total. The van der Waals surface area contributed by atoms with Gasteiger partial charge in [-0.05, 0) is 25.3 Å². The number of nitrogens with zero attached hydrogens (tertiary/aromatic N) is 1. The van der Waals surface area contributed by atoms with Gasteiger partial charge >= 0.3 is 0 Å². The maximum atomic E-state index is 5.93. The van der Waals surface area contributed by atoms with Crippen LogP contribution in [0.5, 0.6) is 0 Å². The summed E-state index contributed by atoms with van der Waals surface area (Å²) in [5.41, 5.74) is 7.93. The Morgan fingerprint density at radius 2 is 2.04 bits per heavy atom. The maximum absolute atomic E-state index is 5.93. The monoisotopic (exact) mass is 433 g/mol. The number of ether oxygens (including phenoxy) is 2. The van der Waals surface area contributed by atoms with Crippen molar-refractivity contribution in [2.75, 3.05) is 25.6 Å². The van der Waals surface area contributed by atoms with Crippen LogP contribution in [0, 0.1) is 0 Å². The molecule has 23 heavy (non-hydrogen) atoms. The van der Waals surface area contributed by atoms with Crippen molar-refractivity contribution in [3.05, 3.63) is 29.8 Å². The minimum atomic E-state index is 0. The summed E-state index contributed by atoms with van der Waals surface area (Å²) in [6.07, 6.45) is 6.41. The summed E-state index contributed by atoms with van der Waals surface area (Å²) in [5, 5.41) is 3.13. The highest BCUT2D eigenvalue weighted by Crippen LogP contribution is 2.20. The molecule has 2 rings (SSSR count). The second-order valence-electron chi connectivity index (χ2n) is 5.61. The van der Waals surface area contributed by atoms with Crippen molar-refractivity contribution in [1.82, 2.24) is 0 Å². The van der Waals surface area contributed by atoms with Gasteiger partial charge in [-0.15, -0.1) is 24.0 Å². The van der Waals surface area contributed by atoms with E-state index in [9.17, 15) is 0 Å². The summed E-state index contributed by atoms with van der Waals surface area (Å²) >= 11 is 0. The Morgan fingerprint density at radius 1 is 1.30 bits per heavy atom. The first kappa shape index (κ1) is 20.2. The zero-order chi connectivity index (χ0) is 15.6. The number of benzene rings is 1. The number of rotatable bonds is 8. The largest absolute Gasteiger partial charge is 0.380 e. The van der Waals surface area contributed by atoms with E-state index < -0.39 is 0 Å². The number of guanidine groups is 1. The summed E-state index contributed by atoms with van der Waals surface area (Å²) in [7, 11) is 1.68. The van der Waals surface area contributed by atoms with E-state index in [2.05, 4.69) is 10.3 Å². The van der Waals surface area contributed by atoms with E-state index in [0.717, 1.165) is 24.3 Å². The quantitative estimate of drug-likeness (QED) is 0.285. The molecule has 0 heterocycles. The molecule has 0 bridgehead atoms. The summed E-state index contributed by atoms with van der Waals surface area (Å²) in [5.74, 6) is 0.435. The number of nitrogens with two attached hydrogens (primary N) is 1. The van der Waals surface area contributed by atoms with Gasteiger partial charge in [-0.25, -0.2) is 0 Å². The van der Waals surface area contributed by atoms with Gasteiger partial charge in [0.1, 0.15) is 0 Å². The van der Waals surface area contributed by atoms with Crippen molar-refractivity contribution < 1.29 is 9.47 Å². The second kappa shape index (κ2) is 11.6. The van der Waals surface area contributed by atoms with Gasteiger partial charge in [-0.1, -0.05) is 31.0 Å². The van der Waals surface area contributed by atoms with Gasteiger partial charge in [-0.3, -0.25) is 4.99 Å². The molecule has 6 heteroatoms. The summed E-state index contributed by atoms with van der Waals surface area (Å²) in [6, 6.07) is 7.92. The van der Waals surface area contributed by atoms with Crippen LogP contribution in [0.4, 0.5) is 5.69 Å². The van der Waals surface area contributed by atoms with Crippen LogP contribution in [0.2, 0.25) is 0 Å². The summed E-state index contributed by atoms with van der Waals surface area (Å²) in [6.45, 7) is 1.99. The molecule has 1 aromatic rings. The molecule has 1 fully saturated rings. The van der Waals surface area contributed by atoms with Gasteiger partial charge in [0.25, 0.3) is 0 Å². The van der Waals surface area contributed by atoms with E-state index in [-0.39, 0.29) is 24.0 Å².